The Morgan fingerprint density at radius 1 is 1.32 bits per heavy atom. The molecule has 1 heterocycles. The van der Waals surface area contributed by atoms with Crippen LogP contribution in [0.25, 0.3) is 0 Å². The molecule has 0 spiro atoms. The molecule has 1 fully saturated rings. The summed E-state index contributed by atoms with van der Waals surface area (Å²) in [4.78, 5) is 0.280. The average molecular weight is 285 g/mol. The summed E-state index contributed by atoms with van der Waals surface area (Å²) < 4.78 is 31.5. The van der Waals surface area contributed by atoms with Crippen molar-refractivity contribution in [3.8, 4) is 5.75 Å². The van der Waals surface area contributed by atoms with Crippen LogP contribution in [0, 0.1) is 6.92 Å². The van der Waals surface area contributed by atoms with Gasteiger partial charge in [0, 0.05) is 13.1 Å². The average Bonchev–Trinajstić information content (AvgIpc) is 2.39. The van der Waals surface area contributed by atoms with Crippen LogP contribution in [0.5, 0.6) is 5.75 Å². The highest BCUT2D eigenvalue weighted by atomic mass is 32.2. The second kappa shape index (κ2) is 5.48. The van der Waals surface area contributed by atoms with Crippen LogP contribution >= 0.6 is 0 Å². The molecule has 0 aliphatic carbocycles. The summed E-state index contributed by atoms with van der Waals surface area (Å²) in [5.74, 6) is 0.674. The number of hydrogen-bond acceptors (Lipinski definition) is 4. The van der Waals surface area contributed by atoms with Crippen molar-refractivity contribution in [2.45, 2.75) is 30.8 Å². The van der Waals surface area contributed by atoms with Gasteiger partial charge in [-0.25, -0.2) is 8.42 Å². The molecule has 5 nitrogen and oxygen atoms in total. The van der Waals surface area contributed by atoms with Crippen LogP contribution in [0.3, 0.4) is 0 Å². The fraction of sp³-hybridized carbons (Fsp3) is 0.538. The number of rotatable bonds is 3. The van der Waals surface area contributed by atoms with Gasteiger partial charge in [-0.1, -0.05) is 0 Å². The second-order valence-corrected chi connectivity index (χ2v) is 6.70. The van der Waals surface area contributed by atoms with E-state index >= 15 is 0 Å². The molecule has 2 rings (SSSR count). The van der Waals surface area contributed by atoms with E-state index in [1.807, 2.05) is 6.92 Å². The number of methoxy groups -OCH3 is 1. The summed E-state index contributed by atoms with van der Waals surface area (Å²) in [6.07, 6.45) is 0.604. The fourth-order valence-electron chi connectivity index (χ4n) is 2.24. The molecule has 1 aliphatic rings. The third-order valence-corrected chi connectivity index (χ3v) is 5.32. The van der Waals surface area contributed by atoms with E-state index < -0.39 is 10.0 Å². The van der Waals surface area contributed by atoms with E-state index in [2.05, 4.69) is 0 Å². The van der Waals surface area contributed by atoms with Crippen LogP contribution < -0.4 is 4.74 Å². The van der Waals surface area contributed by atoms with Crippen molar-refractivity contribution < 1.29 is 18.3 Å². The number of hydrogen-bond donors (Lipinski definition) is 1. The molecule has 0 atom stereocenters. The van der Waals surface area contributed by atoms with Gasteiger partial charge in [-0.05, 0) is 43.5 Å². The van der Waals surface area contributed by atoms with Gasteiger partial charge in [-0.15, -0.1) is 0 Å². The van der Waals surface area contributed by atoms with Crippen LogP contribution in [0.4, 0.5) is 0 Å². The topological polar surface area (TPSA) is 66.8 Å². The third kappa shape index (κ3) is 2.91. The van der Waals surface area contributed by atoms with Crippen LogP contribution in [-0.2, 0) is 10.0 Å². The van der Waals surface area contributed by atoms with Gasteiger partial charge in [-0.3, -0.25) is 0 Å². The van der Waals surface area contributed by atoms with Gasteiger partial charge < -0.3 is 9.84 Å². The molecule has 19 heavy (non-hydrogen) atoms. The molecular weight excluding hydrogens is 266 g/mol. The summed E-state index contributed by atoms with van der Waals surface area (Å²) in [6, 6.07) is 4.85. The lowest BCUT2D eigenvalue weighted by Crippen LogP contribution is -2.40. The Bertz CT molecular complexity index is 548. The van der Waals surface area contributed by atoms with E-state index in [9.17, 15) is 13.5 Å². The Hall–Kier alpha value is -1.11. The molecule has 1 aromatic carbocycles. The quantitative estimate of drug-likeness (QED) is 0.904. The maximum absolute atomic E-state index is 12.4. The number of aliphatic hydroxyl groups excluding tert-OH is 1. The first-order valence-corrected chi connectivity index (χ1v) is 7.72. The molecule has 1 N–H and O–H groups in total. The fourth-order valence-corrected chi connectivity index (χ4v) is 3.80. The highest BCUT2D eigenvalue weighted by molar-refractivity contribution is 7.89. The number of aryl methyl sites for hydroxylation is 1. The predicted octanol–water partition coefficient (Wildman–Crippen LogP) is 1.15. The van der Waals surface area contributed by atoms with E-state index in [4.69, 9.17) is 4.74 Å². The van der Waals surface area contributed by atoms with E-state index in [1.165, 1.54) is 4.31 Å². The first-order chi connectivity index (χ1) is 8.95. The van der Waals surface area contributed by atoms with Gasteiger partial charge in [0.15, 0.2) is 0 Å². The number of benzene rings is 1. The molecule has 1 aliphatic heterocycles. The molecular formula is C13H19NO4S. The Labute approximate surface area is 113 Å². The highest BCUT2D eigenvalue weighted by Gasteiger charge is 2.28. The zero-order valence-corrected chi connectivity index (χ0v) is 12.0. The molecule has 0 radical (unpaired) electrons. The van der Waals surface area contributed by atoms with Crippen LogP contribution in [0.2, 0.25) is 0 Å². The molecule has 1 aromatic rings. The van der Waals surface area contributed by atoms with Crippen molar-refractivity contribution in [3.05, 3.63) is 23.8 Å². The molecule has 6 heteroatoms. The number of piperidine rings is 1. The number of ether oxygens (including phenoxy) is 1. The molecule has 0 unspecified atom stereocenters. The molecule has 0 aromatic heterocycles. The van der Waals surface area contributed by atoms with Gasteiger partial charge in [-0.2, -0.15) is 4.31 Å². The van der Waals surface area contributed by atoms with Gasteiger partial charge in [0.2, 0.25) is 10.0 Å². The van der Waals surface area contributed by atoms with Crippen LogP contribution in [0.1, 0.15) is 18.4 Å². The lowest BCUT2D eigenvalue weighted by Gasteiger charge is -2.28. The summed E-state index contributed by atoms with van der Waals surface area (Å²) in [5.41, 5.74) is 0.792. The van der Waals surface area contributed by atoms with Crippen molar-refractivity contribution >= 4 is 10.0 Å². The van der Waals surface area contributed by atoms with Crippen molar-refractivity contribution in [2.75, 3.05) is 20.2 Å². The Morgan fingerprint density at radius 2 is 1.95 bits per heavy atom. The van der Waals surface area contributed by atoms with Gasteiger partial charge in [0.05, 0.1) is 18.1 Å². The minimum atomic E-state index is -3.47. The first-order valence-electron chi connectivity index (χ1n) is 6.28. The lowest BCUT2D eigenvalue weighted by atomic mass is 10.1. The van der Waals surface area contributed by atoms with Crippen molar-refractivity contribution in [2.24, 2.45) is 0 Å². The Morgan fingerprint density at radius 3 is 2.47 bits per heavy atom. The number of nitrogens with zero attached hydrogens (tertiary/aromatic N) is 1. The van der Waals surface area contributed by atoms with Crippen molar-refractivity contribution in [1.29, 1.82) is 0 Å². The van der Waals surface area contributed by atoms with Crippen LogP contribution in [-0.4, -0.2) is 44.1 Å². The van der Waals surface area contributed by atoms with Crippen molar-refractivity contribution in [3.63, 3.8) is 0 Å². The van der Waals surface area contributed by atoms with Gasteiger partial charge >= 0.3 is 0 Å². The largest absolute Gasteiger partial charge is 0.496 e. The maximum Gasteiger partial charge on any atom is 0.243 e. The van der Waals surface area contributed by atoms with E-state index in [1.54, 1.807) is 25.3 Å². The van der Waals surface area contributed by atoms with Crippen molar-refractivity contribution in [1.82, 2.24) is 4.31 Å². The zero-order valence-electron chi connectivity index (χ0n) is 11.2. The molecule has 106 valence electrons. The highest BCUT2D eigenvalue weighted by Crippen LogP contribution is 2.25. The molecule has 0 saturated carbocycles. The van der Waals surface area contributed by atoms with E-state index in [0.29, 0.717) is 31.7 Å². The summed E-state index contributed by atoms with van der Waals surface area (Å²) in [5, 5.41) is 9.44. The van der Waals surface area contributed by atoms with Gasteiger partial charge in [0.25, 0.3) is 0 Å². The molecule has 0 amide bonds. The monoisotopic (exact) mass is 285 g/mol. The Kier molecular flexibility index (Phi) is 4.13. The van der Waals surface area contributed by atoms with E-state index in [-0.39, 0.29) is 11.0 Å². The normalized spacial score (nSPS) is 18.5. The standard InChI is InChI=1S/C13H19NO4S/c1-10-9-12(3-4-13(10)18-2)19(16,17)14-7-5-11(15)6-8-14/h3-4,9,11,15H,5-8H2,1-2H3. The zero-order chi connectivity index (χ0) is 14.0. The molecule has 0 bridgehead atoms. The van der Waals surface area contributed by atoms with Crippen LogP contribution in [0.15, 0.2) is 23.1 Å². The number of sulfonamides is 1. The third-order valence-electron chi connectivity index (χ3n) is 3.43. The first kappa shape index (κ1) is 14.3. The molecule has 1 saturated heterocycles. The smallest absolute Gasteiger partial charge is 0.243 e. The summed E-state index contributed by atoms with van der Waals surface area (Å²) in [6.45, 7) is 2.56. The second-order valence-electron chi connectivity index (χ2n) is 4.77. The number of aliphatic hydroxyl groups is 1. The minimum Gasteiger partial charge on any atom is -0.496 e. The van der Waals surface area contributed by atoms with E-state index in [0.717, 1.165) is 5.56 Å². The summed E-state index contributed by atoms with van der Waals surface area (Å²) >= 11 is 0. The Balaban J connectivity index is 2.27. The predicted molar refractivity (Wildman–Crippen MR) is 71.7 cm³/mol. The lowest BCUT2D eigenvalue weighted by molar-refractivity contribution is 0.113. The SMILES string of the molecule is COc1ccc(S(=O)(=O)N2CCC(O)CC2)cc1C. The van der Waals surface area contributed by atoms with Gasteiger partial charge in [0.1, 0.15) is 5.75 Å². The maximum atomic E-state index is 12.4. The summed E-state index contributed by atoms with van der Waals surface area (Å²) in [7, 11) is -1.91. The minimum absolute atomic E-state index is 0.280.